The first kappa shape index (κ1) is 13.9. The molecule has 1 aliphatic carbocycles. The zero-order chi connectivity index (χ0) is 13.2. The third-order valence-corrected chi connectivity index (χ3v) is 4.46. The van der Waals surface area contributed by atoms with Crippen LogP contribution in [0.3, 0.4) is 0 Å². The Morgan fingerprint density at radius 1 is 1.28 bits per heavy atom. The Kier molecular flexibility index (Phi) is 4.31. The van der Waals surface area contributed by atoms with Crippen molar-refractivity contribution in [1.29, 1.82) is 0 Å². The van der Waals surface area contributed by atoms with Gasteiger partial charge in [0.05, 0.1) is 0 Å². The lowest BCUT2D eigenvalue weighted by atomic mass is 9.87. The predicted molar refractivity (Wildman–Crippen MR) is 79.5 cm³/mol. The minimum Gasteiger partial charge on any atom is -0.337 e. The van der Waals surface area contributed by atoms with Crippen molar-refractivity contribution in [2.24, 2.45) is 5.92 Å². The molecule has 0 atom stereocenters. The van der Waals surface area contributed by atoms with E-state index in [1.165, 1.54) is 44.2 Å². The van der Waals surface area contributed by atoms with Crippen LogP contribution in [0.2, 0.25) is 0 Å². The highest BCUT2D eigenvalue weighted by atomic mass is 32.1. The number of hydrogen-bond donors (Lipinski definition) is 1. The van der Waals surface area contributed by atoms with Gasteiger partial charge in [-0.15, -0.1) is 0 Å². The standard InChI is InChI=1S/C15H26N2S/c1-15(2,3)13-11-16-14(18)17(13)10-9-12-7-5-4-6-8-12/h11-12H,4-10H2,1-3H3,(H,16,18). The maximum Gasteiger partial charge on any atom is 0.177 e. The van der Waals surface area contributed by atoms with Crippen LogP contribution in [-0.4, -0.2) is 9.55 Å². The van der Waals surface area contributed by atoms with E-state index in [2.05, 4.69) is 36.5 Å². The molecule has 0 radical (unpaired) electrons. The van der Waals surface area contributed by atoms with Gasteiger partial charge >= 0.3 is 0 Å². The van der Waals surface area contributed by atoms with Gasteiger partial charge in [0.15, 0.2) is 4.77 Å². The highest BCUT2D eigenvalue weighted by Gasteiger charge is 2.20. The van der Waals surface area contributed by atoms with E-state index < -0.39 is 0 Å². The molecule has 1 aromatic heterocycles. The summed E-state index contributed by atoms with van der Waals surface area (Å²) in [7, 11) is 0. The van der Waals surface area contributed by atoms with Gasteiger partial charge in [-0.05, 0) is 24.6 Å². The van der Waals surface area contributed by atoms with Crippen molar-refractivity contribution in [3.8, 4) is 0 Å². The summed E-state index contributed by atoms with van der Waals surface area (Å²) in [4.78, 5) is 3.21. The van der Waals surface area contributed by atoms with Gasteiger partial charge in [-0.25, -0.2) is 0 Å². The first-order chi connectivity index (χ1) is 8.48. The van der Waals surface area contributed by atoms with Crippen molar-refractivity contribution in [1.82, 2.24) is 9.55 Å². The van der Waals surface area contributed by atoms with Crippen LogP contribution in [0.4, 0.5) is 0 Å². The average Bonchev–Trinajstić information content (AvgIpc) is 2.69. The maximum atomic E-state index is 5.42. The van der Waals surface area contributed by atoms with Crippen molar-refractivity contribution in [2.45, 2.75) is 71.3 Å². The third-order valence-electron chi connectivity index (χ3n) is 4.12. The third kappa shape index (κ3) is 3.25. The maximum absolute atomic E-state index is 5.42. The molecule has 1 N–H and O–H groups in total. The summed E-state index contributed by atoms with van der Waals surface area (Å²) in [5, 5.41) is 0. The van der Waals surface area contributed by atoms with Crippen molar-refractivity contribution in [3.63, 3.8) is 0 Å². The molecule has 2 rings (SSSR count). The van der Waals surface area contributed by atoms with Crippen molar-refractivity contribution in [3.05, 3.63) is 16.7 Å². The molecule has 0 spiro atoms. The second-order valence-electron chi connectivity index (χ2n) is 6.67. The Bertz CT molecular complexity index is 430. The normalized spacial score (nSPS) is 18.2. The van der Waals surface area contributed by atoms with E-state index in [4.69, 9.17) is 12.2 Å². The van der Waals surface area contributed by atoms with Crippen LogP contribution in [0.25, 0.3) is 0 Å². The molecule has 0 aliphatic heterocycles. The van der Waals surface area contributed by atoms with Crippen molar-refractivity contribution in [2.75, 3.05) is 0 Å². The second-order valence-corrected chi connectivity index (χ2v) is 7.06. The number of imidazole rings is 1. The summed E-state index contributed by atoms with van der Waals surface area (Å²) in [6.45, 7) is 7.84. The Labute approximate surface area is 116 Å². The summed E-state index contributed by atoms with van der Waals surface area (Å²) >= 11 is 5.42. The zero-order valence-electron chi connectivity index (χ0n) is 12.0. The molecular weight excluding hydrogens is 240 g/mol. The molecule has 0 saturated heterocycles. The molecule has 0 amide bonds. The topological polar surface area (TPSA) is 20.7 Å². The molecular formula is C15H26N2S. The zero-order valence-corrected chi connectivity index (χ0v) is 12.8. The summed E-state index contributed by atoms with van der Waals surface area (Å²) in [5.41, 5.74) is 1.50. The van der Waals surface area contributed by atoms with Crippen molar-refractivity contribution < 1.29 is 0 Å². The van der Waals surface area contributed by atoms with Crippen LogP contribution >= 0.6 is 12.2 Å². The fourth-order valence-electron chi connectivity index (χ4n) is 3.03. The lowest BCUT2D eigenvalue weighted by molar-refractivity contribution is 0.319. The molecule has 1 fully saturated rings. The lowest BCUT2D eigenvalue weighted by Crippen LogP contribution is -2.19. The fraction of sp³-hybridized carbons (Fsp3) is 0.800. The van der Waals surface area contributed by atoms with Crippen LogP contribution in [0.15, 0.2) is 6.20 Å². The smallest absolute Gasteiger partial charge is 0.177 e. The summed E-state index contributed by atoms with van der Waals surface area (Å²) in [6, 6.07) is 0. The van der Waals surface area contributed by atoms with Gasteiger partial charge in [-0.2, -0.15) is 0 Å². The highest BCUT2D eigenvalue weighted by molar-refractivity contribution is 7.71. The van der Waals surface area contributed by atoms with Gasteiger partial charge in [0.2, 0.25) is 0 Å². The second kappa shape index (κ2) is 5.60. The van der Waals surface area contributed by atoms with Gasteiger partial charge in [0.1, 0.15) is 0 Å². The van der Waals surface area contributed by atoms with Crippen LogP contribution in [0.5, 0.6) is 0 Å². The summed E-state index contributed by atoms with van der Waals surface area (Å²) in [6.07, 6.45) is 10.5. The van der Waals surface area contributed by atoms with Gasteiger partial charge in [0, 0.05) is 23.9 Å². The molecule has 3 heteroatoms. The summed E-state index contributed by atoms with van der Waals surface area (Å²) < 4.78 is 3.19. The molecule has 18 heavy (non-hydrogen) atoms. The number of aromatic nitrogens is 2. The van der Waals surface area contributed by atoms with Gasteiger partial charge in [-0.1, -0.05) is 52.9 Å². The molecule has 1 saturated carbocycles. The number of rotatable bonds is 3. The summed E-state index contributed by atoms with van der Waals surface area (Å²) in [5.74, 6) is 0.920. The minimum atomic E-state index is 0.167. The minimum absolute atomic E-state index is 0.167. The number of aromatic amines is 1. The highest BCUT2D eigenvalue weighted by Crippen LogP contribution is 2.28. The molecule has 1 heterocycles. The van der Waals surface area contributed by atoms with E-state index in [1.54, 1.807) is 0 Å². The van der Waals surface area contributed by atoms with E-state index in [-0.39, 0.29) is 5.41 Å². The molecule has 1 aliphatic rings. The Hall–Kier alpha value is -0.570. The molecule has 1 aromatic rings. The number of nitrogens with zero attached hydrogens (tertiary/aromatic N) is 1. The molecule has 0 unspecified atom stereocenters. The first-order valence-corrected chi connectivity index (χ1v) is 7.68. The molecule has 102 valence electrons. The monoisotopic (exact) mass is 266 g/mol. The number of hydrogen-bond acceptors (Lipinski definition) is 1. The Morgan fingerprint density at radius 2 is 1.94 bits per heavy atom. The van der Waals surface area contributed by atoms with E-state index in [0.717, 1.165) is 17.2 Å². The molecule has 0 bridgehead atoms. The van der Waals surface area contributed by atoms with E-state index in [1.807, 2.05) is 0 Å². The van der Waals surface area contributed by atoms with Gasteiger partial charge < -0.3 is 9.55 Å². The van der Waals surface area contributed by atoms with Crippen LogP contribution < -0.4 is 0 Å². The lowest BCUT2D eigenvalue weighted by Gasteiger charge is -2.24. The molecule has 2 nitrogen and oxygen atoms in total. The largest absolute Gasteiger partial charge is 0.337 e. The quantitative estimate of drug-likeness (QED) is 0.778. The van der Waals surface area contributed by atoms with Crippen molar-refractivity contribution >= 4 is 12.2 Å². The first-order valence-electron chi connectivity index (χ1n) is 7.27. The average molecular weight is 266 g/mol. The van der Waals surface area contributed by atoms with E-state index >= 15 is 0 Å². The fourth-order valence-corrected chi connectivity index (χ4v) is 3.27. The predicted octanol–water partition coefficient (Wildman–Crippen LogP) is 4.81. The van der Waals surface area contributed by atoms with Gasteiger partial charge in [0.25, 0.3) is 0 Å². The number of nitrogens with one attached hydrogen (secondary N) is 1. The van der Waals surface area contributed by atoms with Crippen LogP contribution in [0.1, 0.15) is 65.0 Å². The van der Waals surface area contributed by atoms with E-state index in [9.17, 15) is 0 Å². The van der Waals surface area contributed by atoms with Gasteiger partial charge in [-0.3, -0.25) is 0 Å². The molecule has 0 aromatic carbocycles. The van der Waals surface area contributed by atoms with Crippen LogP contribution in [-0.2, 0) is 12.0 Å². The number of H-pyrrole nitrogens is 1. The van der Waals surface area contributed by atoms with E-state index in [0.29, 0.717) is 0 Å². The SMILES string of the molecule is CC(C)(C)c1c[nH]c(=S)n1CCC1CCCCC1. The Morgan fingerprint density at radius 3 is 2.56 bits per heavy atom. The Balaban J connectivity index is 2.04. The van der Waals surface area contributed by atoms with Crippen LogP contribution in [0, 0.1) is 10.7 Å².